The maximum absolute atomic E-state index is 3.81. The van der Waals surface area contributed by atoms with Crippen LogP contribution in [0.4, 0.5) is 0 Å². The van der Waals surface area contributed by atoms with Gasteiger partial charge in [0.1, 0.15) is 0 Å². The molecule has 2 rings (SSSR count). The Kier molecular flexibility index (Phi) is 2.64. The second-order valence-electron chi connectivity index (χ2n) is 3.71. The number of hydrogen-bond acceptors (Lipinski definition) is 3. The van der Waals surface area contributed by atoms with E-state index in [0.29, 0.717) is 4.87 Å². The van der Waals surface area contributed by atoms with E-state index in [1.807, 2.05) is 0 Å². The SMILES string of the molecule is CCC1CSC2(CCSC2C)N1. The average Bonchev–Trinajstić information content (AvgIpc) is 2.63. The van der Waals surface area contributed by atoms with Crippen LogP contribution in [0.15, 0.2) is 0 Å². The van der Waals surface area contributed by atoms with Crippen molar-refractivity contribution in [1.29, 1.82) is 0 Å². The molecule has 3 unspecified atom stereocenters. The van der Waals surface area contributed by atoms with Crippen LogP contribution < -0.4 is 5.32 Å². The molecule has 0 bridgehead atoms. The summed E-state index contributed by atoms with van der Waals surface area (Å²) in [4.78, 5) is 0.450. The maximum Gasteiger partial charge on any atom is 0.0773 e. The second-order valence-corrected chi connectivity index (χ2v) is 6.51. The molecule has 70 valence electrons. The van der Waals surface area contributed by atoms with Crippen molar-refractivity contribution >= 4 is 23.5 Å². The van der Waals surface area contributed by atoms with Gasteiger partial charge in [-0.2, -0.15) is 11.8 Å². The summed E-state index contributed by atoms with van der Waals surface area (Å²) in [5.74, 6) is 2.67. The van der Waals surface area contributed by atoms with Gasteiger partial charge in [-0.3, -0.25) is 5.32 Å². The molecular weight excluding hydrogens is 186 g/mol. The molecular formula is C9H17NS2. The Balaban J connectivity index is 2.04. The first-order chi connectivity index (χ1) is 5.77. The van der Waals surface area contributed by atoms with Gasteiger partial charge in [-0.25, -0.2) is 0 Å². The largest absolute Gasteiger partial charge is 0.298 e. The van der Waals surface area contributed by atoms with E-state index in [1.54, 1.807) is 0 Å². The normalized spacial score (nSPS) is 47.5. The molecule has 0 radical (unpaired) electrons. The standard InChI is InChI=1S/C9H17NS2/c1-3-8-6-12-9(10-8)4-5-11-7(9)2/h7-8,10H,3-6H2,1-2H3. The van der Waals surface area contributed by atoms with Crippen molar-refractivity contribution in [3.8, 4) is 0 Å². The highest BCUT2D eigenvalue weighted by Crippen LogP contribution is 2.47. The van der Waals surface area contributed by atoms with E-state index < -0.39 is 0 Å². The van der Waals surface area contributed by atoms with E-state index in [2.05, 4.69) is 42.7 Å². The summed E-state index contributed by atoms with van der Waals surface area (Å²) in [6.45, 7) is 4.65. The lowest BCUT2D eigenvalue weighted by Crippen LogP contribution is -2.45. The highest BCUT2D eigenvalue weighted by Gasteiger charge is 2.46. The molecule has 0 aromatic rings. The van der Waals surface area contributed by atoms with Gasteiger partial charge in [-0.15, -0.1) is 11.8 Å². The van der Waals surface area contributed by atoms with Gasteiger partial charge < -0.3 is 0 Å². The van der Waals surface area contributed by atoms with E-state index in [0.717, 1.165) is 11.3 Å². The van der Waals surface area contributed by atoms with E-state index in [-0.39, 0.29) is 0 Å². The van der Waals surface area contributed by atoms with E-state index in [9.17, 15) is 0 Å². The van der Waals surface area contributed by atoms with Crippen molar-refractivity contribution in [2.24, 2.45) is 0 Å². The van der Waals surface area contributed by atoms with E-state index in [4.69, 9.17) is 0 Å². The molecule has 2 fully saturated rings. The lowest BCUT2D eigenvalue weighted by Gasteiger charge is -2.28. The van der Waals surface area contributed by atoms with Crippen LogP contribution in [0.2, 0.25) is 0 Å². The van der Waals surface area contributed by atoms with Crippen molar-refractivity contribution in [3.63, 3.8) is 0 Å². The molecule has 1 spiro atoms. The third-order valence-corrected chi connectivity index (χ3v) is 6.23. The summed E-state index contributed by atoms with van der Waals surface area (Å²) in [6, 6.07) is 0.774. The number of nitrogens with one attached hydrogen (secondary N) is 1. The highest BCUT2D eigenvalue weighted by molar-refractivity contribution is 8.05. The molecule has 12 heavy (non-hydrogen) atoms. The van der Waals surface area contributed by atoms with Crippen LogP contribution in [0.3, 0.4) is 0 Å². The predicted octanol–water partition coefficient (Wildman–Crippen LogP) is 2.32. The Bertz CT molecular complexity index is 174. The summed E-state index contributed by atoms with van der Waals surface area (Å²) in [5, 5.41) is 4.61. The summed E-state index contributed by atoms with van der Waals surface area (Å²) >= 11 is 4.28. The Morgan fingerprint density at radius 3 is 2.92 bits per heavy atom. The van der Waals surface area contributed by atoms with Crippen molar-refractivity contribution in [2.45, 2.75) is 42.9 Å². The zero-order valence-electron chi connectivity index (χ0n) is 7.80. The third kappa shape index (κ3) is 1.40. The molecule has 0 amide bonds. The first-order valence-electron chi connectivity index (χ1n) is 4.80. The molecule has 2 heterocycles. The lowest BCUT2D eigenvalue weighted by molar-refractivity contribution is 0.431. The molecule has 3 atom stereocenters. The third-order valence-electron chi connectivity index (χ3n) is 2.98. The first-order valence-corrected chi connectivity index (χ1v) is 6.83. The van der Waals surface area contributed by atoms with Crippen LogP contribution in [0.1, 0.15) is 26.7 Å². The molecule has 0 saturated carbocycles. The lowest BCUT2D eigenvalue weighted by atomic mass is 10.1. The Morgan fingerprint density at radius 1 is 1.58 bits per heavy atom. The predicted molar refractivity (Wildman–Crippen MR) is 58.9 cm³/mol. The molecule has 0 aromatic heterocycles. The van der Waals surface area contributed by atoms with Crippen LogP contribution >= 0.6 is 23.5 Å². The molecule has 2 saturated heterocycles. The van der Waals surface area contributed by atoms with Crippen LogP contribution in [-0.4, -0.2) is 27.7 Å². The fourth-order valence-electron chi connectivity index (χ4n) is 2.00. The quantitative estimate of drug-likeness (QED) is 0.702. The minimum Gasteiger partial charge on any atom is -0.298 e. The second kappa shape index (κ2) is 3.43. The fourth-order valence-corrected chi connectivity index (χ4v) is 5.34. The van der Waals surface area contributed by atoms with Gasteiger partial charge in [0.15, 0.2) is 0 Å². The van der Waals surface area contributed by atoms with Crippen molar-refractivity contribution in [1.82, 2.24) is 5.32 Å². The van der Waals surface area contributed by atoms with Crippen molar-refractivity contribution < 1.29 is 0 Å². The molecule has 0 aliphatic carbocycles. The zero-order valence-corrected chi connectivity index (χ0v) is 9.43. The van der Waals surface area contributed by atoms with Crippen molar-refractivity contribution in [3.05, 3.63) is 0 Å². The molecule has 1 N–H and O–H groups in total. The number of rotatable bonds is 1. The van der Waals surface area contributed by atoms with Gasteiger partial charge in [0.05, 0.1) is 4.87 Å². The van der Waals surface area contributed by atoms with Gasteiger partial charge in [0.25, 0.3) is 0 Å². The number of hydrogen-bond donors (Lipinski definition) is 1. The van der Waals surface area contributed by atoms with E-state index in [1.165, 1.54) is 24.3 Å². The smallest absolute Gasteiger partial charge is 0.0773 e. The molecule has 2 aliphatic rings. The Morgan fingerprint density at radius 2 is 2.42 bits per heavy atom. The molecule has 3 heteroatoms. The van der Waals surface area contributed by atoms with Gasteiger partial charge in [-0.05, 0) is 18.6 Å². The summed E-state index contributed by atoms with van der Waals surface area (Å²) in [6.07, 6.45) is 2.64. The first kappa shape index (κ1) is 9.22. The maximum atomic E-state index is 3.81. The minimum atomic E-state index is 0.450. The monoisotopic (exact) mass is 203 g/mol. The van der Waals surface area contributed by atoms with Gasteiger partial charge >= 0.3 is 0 Å². The number of thioether (sulfide) groups is 2. The minimum absolute atomic E-state index is 0.450. The zero-order chi connectivity index (χ0) is 8.60. The summed E-state index contributed by atoms with van der Waals surface area (Å²) in [5.41, 5.74) is 0. The van der Waals surface area contributed by atoms with Crippen LogP contribution in [-0.2, 0) is 0 Å². The summed E-state index contributed by atoms with van der Waals surface area (Å²) < 4.78 is 0. The van der Waals surface area contributed by atoms with Crippen LogP contribution in [0.5, 0.6) is 0 Å². The fraction of sp³-hybridized carbons (Fsp3) is 1.00. The summed E-state index contributed by atoms with van der Waals surface area (Å²) in [7, 11) is 0. The Hall–Kier alpha value is 0.660. The molecule has 1 nitrogen and oxygen atoms in total. The van der Waals surface area contributed by atoms with Crippen molar-refractivity contribution in [2.75, 3.05) is 11.5 Å². The van der Waals surface area contributed by atoms with Gasteiger partial charge in [-0.1, -0.05) is 13.8 Å². The van der Waals surface area contributed by atoms with Crippen LogP contribution in [0.25, 0.3) is 0 Å². The molecule has 2 aliphatic heterocycles. The topological polar surface area (TPSA) is 12.0 Å². The Labute approximate surface area is 83.4 Å². The average molecular weight is 203 g/mol. The van der Waals surface area contributed by atoms with E-state index >= 15 is 0 Å². The van der Waals surface area contributed by atoms with Gasteiger partial charge in [0, 0.05) is 17.0 Å². The molecule has 0 aromatic carbocycles. The van der Waals surface area contributed by atoms with Gasteiger partial charge in [0.2, 0.25) is 0 Å². The highest BCUT2D eigenvalue weighted by atomic mass is 32.2. The van der Waals surface area contributed by atoms with Crippen LogP contribution in [0, 0.1) is 0 Å².